The van der Waals surface area contributed by atoms with Crippen molar-refractivity contribution in [2.45, 2.75) is 78.6 Å². The van der Waals surface area contributed by atoms with Gasteiger partial charge in [-0.15, -0.1) is 0 Å². The Morgan fingerprint density at radius 1 is 1.02 bits per heavy atom. The van der Waals surface area contributed by atoms with Crippen molar-refractivity contribution < 1.29 is 33.5 Å². The highest BCUT2D eigenvalue weighted by Gasteiger charge is 2.41. The van der Waals surface area contributed by atoms with Gasteiger partial charge in [-0.1, -0.05) is 71.0 Å². The Morgan fingerprint density at radius 2 is 1.70 bits per heavy atom. The molecule has 1 saturated heterocycles. The monoisotopic (exact) mass is 635 g/mol. The van der Waals surface area contributed by atoms with Gasteiger partial charge in [0.1, 0.15) is 18.7 Å². The van der Waals surface area contributed by atoms with Crippen LogP contribution in [0.4, 0.5) is 4.79 Å². The maximum Gasteiger partial charge on any atom is 0.408 e. The number of alkyl carbamates (subject to hydrolysis) is 1. The van der Waals surface area contributed by atoms with Gasteiger partial charge in [-0.05, 0) is 42.7 Å². The van der Waals surface area contributed by atoms with Crippen LogP contribution in [-0.4, -0.2) is 77.0 Å². The van der Waals surface area contributed by atoms with Crippen LogP contribution in [0.3, 0.4) is 0 Å². The minimum Gasteiger partial charge on any atom is -0.443 e. The van der Waals surface area contributed by atoms with Crippen LogP contribution < -0.4 is 16.0 Å². The van der Waals surface area contributed by atoms with E-state index in [4.69, 9.17) is 4.74 Å². The number of hydrogen-bond acceptors (Lipinski definition) is 8. The molecule has 3 rings (SSSR count). The molecule has 0 saturated carbocycles. The van der Waals surface area contributed by atoms with Crippen molar-refractivity contribution in [2.75, 3.05) is 13.6 Å². The zero-order valence-corrected chi connectivity index (χ0v) is 27.4. The van der Waals surface area contributed by atoms with E-state index in [0.717, 1.165) is 0 Å². The molecule has 3 unspecified atom stereocenters. The van der Waals surface area contributed by atoms with Gasteiger partial charge in [0.2, 0.25) is 29.3 Å². The fourth-order valence-electron chi connectivity index (χ4n) is 5.22. The fourth-order valence-corrected chi connectivity index (χ4v) is 5.22. The number of carbonyl (C=O) groups excluding carboxylic acids is 6. The number of aromatic nitrogens is 1. The summed E-state index contributed by atoms with van der Waals surface area (Å²) in [6, 6.07) is 9.79. The van der Waals surface area contributed by atoms with Crippen LogP contribution in [-0.2, 0) is 30.5 Å². The highest BCUT2D eigenvalue weighted by atomic mass is 16.5. The molecule has 1 aromatic heterocycles. The van der Waals surface area contributed by atoms with Crippen LogP contribution in [0.25, 0.3) is 0 Å². The maximum absolute atomic E-state index is 14.0. The number of hydrogen-bond donors (Lipinski definition) is 3. The molecule has 248 valence electrons. The number of nitrogens with zero attached hydrogens (tertiary/aromatic N) is 2. The van der Waals surface area contributed by atoms with E-state index in [1.54, 1.807) is 63.4 Å². The van der Waals surface area contributed by atoms with Crippen molar-refractivity contribution in [1.29, 1.82) is 0 Å². The second-order valence-corrected chi connectivity index (χ2v) is 13.1. The molecule has 0 radical (unpaired) electrons. The quantitative estimate of drug-likeness (QED) is 0.211. The summed E-state index contributed by atoms with van der Waals surface area (Å²) in [6.45, 7) is 9.43. The number of ketones is 2. The molecule has 0 aliphatic carbocycles. The van der Waals surface area contributed by atoms with Crippen LogP contribution in [0.15, 0.2) is 54.7 Å². The molecule has 12 heteroatoms. The van der Waals surface area contributed by atoms with E-state index in [2.05, 4.69) is 20.9 Å². The van der Waals surface area contributed by atoms with Gasteiger partial charge in [0, 0.05) is 31.3 Å². The molecule has 2 aromatic rings. The number of amides is 4. The smallest absolute Gasteiger partial charge is 0.408 e. The zero-order chi connectivity index (χ0) is 34.0. The molecule has 2 heterocycles. The van der Waals surface area contributed by atoms with Crippen molar-refractivity contribution in [3.05, 3.63) is 66.0 Å². The highest BCUT2D eigenvalue weighted by molar-refractivity contribution is 6.45. The summed E-state index contributed by atoms with van der Waals surface area (Å²) in [5.41, 5.74) is -0.0698. The van der Waals surface area contributed by atoms with Crippen LogP contribution in [0.2, 0.25) is 0 Å². The third-order valence-electron chi connectivity index (χ3n) is 7.84. The lowest BCUT2D eigenvalue weighted by Gasteiger charge is -2.37. The molecule has 1 aliphatic rings. The number of ether oxygens (including phenoxy) is 1. The van der Waals surface area contributed by atoms with Crippen LogP contribution in [0, 0.1) is 17.3 Å². The van der Waals surface area contributed by atoms with Gasteiger partial charge in [-0.3, -0.25) is 29.0 Å². The first-order chi connectivity index (χ1) is 21.7. The fraction of sp³-hybridized carbons (Fsp3) is 0.500. The summed E-state index contributed by atoms with van der Waals surface area (Å²) in [7, 11) is 1.46. The van der Waals surface area contributed by atoms with E-state index < -0.39 is 58.9 Å². The Balaban J connectivity index is 1.82. The van der Waals surface area contributed by atoms with Gasteiger partial charge < -0.3 is 25.6 Å². The Kier molecular flexibility index (Phi) is 12.6. The largest absolute Gasteiger partial charge is 0.443 e. The van der Waals surface area contributed by atoms with Crippen LogP contribution >= 0.6 is 0 Å². The summed E-state index contributed by atoms with van der Waals surface area (Å²) in [5, 5.41) is 8.08. The number of rotatable bonds is 14. The Hall–Kier alpha value is -4.61. The van der Waals surface area contributed by atoms with Crippen LogP contribution in [0.5, 0.6) is 0 Å². The summed E-state index contributed by atoms with van der Waals surface area (Å²) in [5.74, 6) is -3.67. The number of Topliss-reactive ketones (excluding diaryl/α,β-unsaturated/α-hetero) is 2. The van der Waals surface area contributed by atoms with E-state index in [1.165, 1.54) is 24.1 Å². The van der Waals surface area contributed by atoms with Gasteiger partial charge >= 0.3 is 6.09 Å². The molecule has 0 spiro atoms. The highest BCUT2D eigenvalue weighted by Crippen LogP contribution is 2.24. The Morgan fingerprint density at radius 3 is 2.26 bits per heavy atom. The van der Waals surface area contributed by atoms with Gasteiger partial charge in [-0.25, -0.2) is 4.79 Å². The van der Waals surface area contributed by atoms with Crippen molar-refractivity contribution in [2.24, 2.45) is 17.3 Å². The molecule has 12 nitrogen and oxygen atoms in total. The first kappa shape index (κ1) is 35.9. The predicted molar refractivity (Wildman–Crippen MR) is 170 cm³/mol. The maximum atomic E-state index is 14.0. The summed E-state index contributed by atoms with van der Waals surface area (Å²) in [6.07, 6.45) is 1.38. The molecule has 3 N–H and O–H groups in total. The number of nitrogens with one attached hydrogen (secondary N) is 3. The standard InChI is InChI=1S/C34H45N5O7/c1-21(2)18-26(39(6)32(44)29(34(3,4)5)38-33(45)46-20-24-14-10-11-16-35-24)31(43)37-25(19-23-15-17-36-30(23)42)28(41)27(40)22-12-8-7-9-13-22/h7-14,16,21,23,25-26,29H,15,17-20H2,1-6H3,(H,36,42)(H,37,43)(H,38,45)/t23?,25?,26?,29-/m1/s1. The number of likely N-dealkylation sites (N-methyl/N-ethyl adjacent to an activating group) is 1. The molecular weight excluding hydrogens is 590 g/mol. The third kappa shape index (κ3) is 9.95. The van der Waals surface area contributed by atoms with Crippen molar-refractivity contribution >= 4 is 35.4 Å². The van der Waals surface area contributed by atoms with Gasteiger partial charge in [0.15, 0.2) is 0 Å². The average molecular weight is 636 g/mol. The van der Waals surface area contributed by atoms with Gasteiger partial charge in [-0.2, -0.15) is 0 Å². The van der Waals surface area contributed by atoms with E-state index in [9.17, 15) is 28.8 Å². The molecule has 4 amide bonds. The van der Waals surface area contributed by atoms with Crippen molar-refractivity contribution in [1.82, 2.24) is 25.8 Å². The van der Waals surface area contributed by atoms with Crippen molar-refractivity contribution in [3.8, 4) is 0 Å². The van der Waals surface area contributed by atoms with Gasteiger partial charge in [0.25, 0.3) is 0 Å². The second kappa shape index (κ2) is 16.1. The lowest BCUT2D eigenvalue weighted by Crippen LogP contribution is -2.59. The Bertz CT molecular complexity index is 1390. The summed E-state index contributed by atoms with van der Waals surface area (Å²) in [4.78, 5) is 85.0. The first-order valence-electron chi connectivity index (χ1n) is 15.5. The second-order valence-electron chi connectivity index (χ2n) is 13.1. The van der Waals surface area contributed by atoms with E-state index >= 15 is 0 Å². The molecule has 4 atom stereocenters. The summed E-state index contributed by atoms with van der Waals surface area (Å²) >= 11 is 0. The zero-order valence-electron chi connectivity index (χ0n) is 27.4. The normalized spacial score (nSPS) is 16.5. The molecule has 1 fully saturated rings. The summed E-state index contributed by atoms with van der Waals surface area (Å²) < 4.78 is 5.30. The van der Waals surface area contributed by atoms with E-state index in [0.29, 0.717) is 18.7 Å². The average Bonchev–Trinajstić information content (AvgIpc) is 3.43. The minimum atomic E-state index is -1.29. The lowest BCUT2D eigenvalue weighted by molar-refractivity contribution is -0.143. The molecule has 1 aliphatic heterocycles. The number of pyridine rings is 1. The lowest BCUT2D eigenvalue weighted by atomic mass is 9.85. The SMILES string of the molecule is CC(C)CC(C(=O)NC(CC1CCNC1=O)C(=O)C(=O)c1ccccc1)N(C)C(=O)[C@@H](NC(=O)OCc1ccccn1)C(C)(C)C. The minimum absolute atomic E-state index is 0.0453. The number of carbonyl (C=O) groups is 6. The van der Waals surface area contributed by atoms with E-state index in [1.807, 2.05) is 13.8 Å². The molecule has 46 heavy (non-hydrogen) atoms. The first-order valence-corrected chi connectivity index (χ1v) is 15.5. The third-order valence-corrected chi connectivity index (χ3v) is 7.84. The molecule has 0 bridgehead atoms. The Labute approximate surface area is 270 Å². The van der Waals surface area contributed by atoms with Crippen molar-refractivity contribution in [3.63, 3.8) is 0 Å². The van der Waals surface area contributed by atoms with Gasteiger partial charge in [0.05, 0.1) is 11.7 Å². The van der Waals surface area contributed by atoms with Crippen LogP contribution in [0.1, 0.15) is 69.9 Å². The topological polar surface area (TPSA) is 164 Å². The molecular formula is C34H45N5O7. The predicted octanol–water partition coefficient (Wildman–Crippen LogP) is 3.06. The number of benzene rings is 1. The van der Waals surface area contributed by atoms with E-state index in [-0.39, 0.29) is 36.8 Å². The molecule has 1 aromatic carbocycles.